The van der Waals surface area contributed by atoms with E-state index < -0.39 is 0 Å². The van der Waals surface area contributed by atoms with Gasteiger partial charge in [0.05, 0.1) is 6.33 Å². The normalized spacial score (nSPS) is 21.1. The summed E-state index contributed by atoms with van der Waals surface area (Å²) >= 11 is 5.99. The number of nitrogens with zero attached hydrogens (tertiary/aromatic N) is 4. The Morgan fingerprint density at radius 1 is 0.971 bits per heavy atom. The number of imidazole rings is 1. The van der Waals surface area contributed by atoms with Gasteiger partial charge in [-0.15, -0.1) is 0 Å². The van der Waals surface area contributed by atoms with E-state index in [1.54, 1.807) is 30.6 Å². The van der Waals surface area contributed by atoms with Crippen LogP contribution in [0.1, 0.15) is 74.2 Å². The molecule has 0 atom stereocenters. The summed E-state index contributed by atoms with van der Waals surface area (Å²) in [6.45, 7) is 0. The molecule has 2 saturated carbocycles. The van der Waals surface area contributed by atoms with E-state index in [0.717, 1.165) is 38.5 Å². The number of rotatable bonds is 5. The Labute approximate surface area is 208 Å². The third kappa shape index (κ3) is 5.24. The molecular weight excluding hydrogens is 466 g/mol. The summed E-state index contributed by atoms with van der Waals surface area (Å²) in [5.41, 5.74) is 8.41. The molecule has 0 bridgehead atoms. The molecule has 35 heavy (non-hydrogen) atoms. The highest BCUT2D eigenvalue weighted by Gasteiger charge is 2.28. The Hall–Kier alpha value is -3.20. The molecule has 5 rings (SSSR count). The molecule has 0 radical (unpaired) electrons. The minimum Gasteiger partial charge on any atom is -0.382 e. The number of nitrogens with two attached hydrogens (primary N) is 1. The second-order valence-corrected chi connectivity index (χ2v) is 9.92. The Morgan fingerprint density at radius 2 is 1.69 bits per heavy atom. The van der Waals surface area contributed by atoms with E-state index in [-0.39, 0.29) is 40.9 Å². The van der Waals surface area contributed by atoms with E-state index in [4.69, 9.17) is 17.3 Å². The molecule has 3 aromatic rings. The summed E-state index contributed by atoms with van der Waals surface area (Å²) in [7, 11) is 0. The molecule has 0 unspecified atom stereocenters. The van der Waals surface area contributed by atoms with Crippen LogP contribution in [0.5, 0.6) is 0 Å². The quantitative estimate of drug-likeness (QED) is 0.447. The third-order valence-electron chi connectivity index (χ3n) is 7.24. The van der Waals surface area contributed by atoms with Crippen LogP contribution in [0.4, 0.5) is 11.5 Å². The van der Waals surface area contributed by atoms with Gasteiger partial charge in [-0.3, -0.25) is 9.59 Å². The van der Waals surface area contributed by atoms with Crippen molar-refractivity contribution >= 4 is 46.1 Å². The van der Waals surface area contributed by atoms with Crippen LogP contribution in [0.25, 0.3) is 11.2 Å². The standard InChI is InChI=1S/C25H30ClN7O2/c26-25-31-21(27)20-22(32-25)33(14-28-20)19-12-8-16(9-13-19)24(35)30-18-10-6-15(7-11-18)23(34)29-17-4-2-1-3-5-17/h6-7,10-11,14,16-17,19H,1-5,8-9,12-13H2,(H,29,34)(H,30,35)(H2,27,31,32)/t16-,19+. The first-order valence-electron chi connectivity index (χ1n) is 12.4. The fraction of sp³-hybridized carbons (Fsp3) is 0.480. The number of amides is 2. The van der Waals surface area contributed by atoms with E-state index in [2.05, 4.69) is 25.6 Å². The molecule has 2 heterocycles. The number of carbonyl (C=O) groups is 2. The van der Waals surface area contributed by atoms with Gasteiger partial charge in [-0.05, 0) is 74.4 Å². The summed E-state index contributed by atoms with van der Waals surface area (Å²) in [6.07, 6.45) is 10.6. The molecule has 2 aromatic heterocycles. The van der Waals surface area contributed by atoms with Crippen molar-refractivity contribution in [3.63, 3.8) is 0 Å². The first-order chi connectivity index (χ1) is 17.0. The van der Waals surface area contributed by atoms with Gasteiger partial charge in [0.2, 0.25) is 11.2 Å². The van der Waals surface area contributed by atoms with Crippen LogP contribution in [0.15, 0.2) is 30.6 Å². The van der Waals surface area contributed by atoms with Gasteiger partial charge in [0, 0.05) is 29.3 Å². The minimum atomic E-state index is -0.0707. The van der Waals surface area contributed by atoms with Crippen molar-refractivity contribution in [1.82, 2.24) is 24.8 Å². The summed E-state index contributed by atoms with van der Waals surface area (Å²) in [4.78, 5) is 38.0. The van der Waals surface area contributed by atoms with Crippen LogP contribution in [0, 0.1) is 5.92 Å². The SMILES string of the molecule is Nc1nc(Cl)nc2c1ncn2[C@H]1CC[C@@H](C(=O)Nc2ccc(C(=O)NC3CCCCC3)cc2)CC1. The van der Waals surface area contributed by atoms with Gasteiger partial charge in [-0.2, -0.15) is 9.97 Å². The molecule has 4 N–H and O–H groups in total. The second-order valence-electron chi connectivity index (χ2n) is 9.58. The second kappa shape index (κ2) is 10.2. The van der Waals surface area contributed by atoms with Crippen molar-refractivity contribution in [2.45, 2.75) is 69.9 Å². The number of hydrogen-bond donors (Lipinski definition) is 3. The van der Waals surface area contributed by atoms with Gasteiger partial charge in [0.15, 0.2) is 11.5 Å². The van der Waals surface area contributed by atoms with Gasteiger partial charge in [-0.25, -0.2) is 4.98 Å². The zero-order chi connectivity index (χ0) is 24.4. The highest BCUT2D eigenvalue weighted by molar-refractivity contribution is 6.28. The Balaban J connectivity index is 1.15. The highest BCUT2D eigenvalue weighted by Crippen LogP contribution is 2.35. The number of benzene rings is 1. The molecule has 0 spiro atoms. The summed E-state index contributed by atoms with van der Waals surface area (Å²) in [5, 5.41) is 6.23. The van der Waals surface area contributed by atoms with Crippen LogP contribution in [0.3, 0.4) is 0 Å². The number of nitrogen functional groups attached to an aromatic ring is 1. The number of anilines is 2. The van der Waals surface area contributed by atoms with Crippen molar-refractivity contribution in [2.75, 3.05) is 11.1 Å². The lowest BCUT2D eigenvalue weighted by molar-refractivity contribution is -0.121. The van der Waals surface area contributed by atoms with Crippen molar-refractivity contribution in [2.24, 2.45) is 5.92 Å². The topological polar surface area (TPSA) is 128 Å². The van der Waals surface area contributed by atoms with E-state index in [9.17, 15) is 9.59 Å². The zero-order valence-corrected chi connectivity index (χ0v) is 20.3. The number of fused-ring (bicyclic) bond motifs is 1. The molecule has 184 valence electrons. The molecule has 2 aliphatic carbocycles. The predicted molar refractivity (Wildman–Crippen MR) is 135 cm³/mol. The van der Waals surface area contributed by atoms with Crippen molar-refractivity contribution < 1.29 is 9.59 Å². The summed E-state index contributed by atoms with van der Waals surface area (Å²) in [6, 6.07) is 7.58. The number of aromatic nitrogens is 4. The molecule has 9 nitrogen and oxygen atoms in total. The van der Waals surface area contributed by atoms with Crippen molar-refractivity contribution in [3.05, 3.63) is 41.4 Å². The smallest absolute Gasteiger partial charge is 0.251 e. The molecule has 2 amide bonds. The van der Waals surface area contributed by atoms with E-state index in [1.807, 2.05) is 4.57 Å². The number of halogens is 1. The number of carbonyl (C=O) groups excluding carboxylic acids is 2. The van der Waals surface area contributed by atoms with Crippen LogP contribution in [-0.2, 0) is 4.79 Å². The van der Waals surface area contributed by atoms with Gasteiger partial charge in [0.1, 0.15) is 5.52 Å². The van der Waals surface area contributed by atoms with Crippen molar-refractivity contribution in [1.29, 1.82) is 0 Å². The van der Waals surface area contributed by atoms with E-state index in [1.165, 1.54) is 19.3 Å². The lowest BCUT2D eigenvalue weighted by Gasteiger charge is -2.28. The maximum atomic E-state index is 12.9. The average molecular weight is 496 g/mol. The molecular formula is C25H30ClN7O2. The Kier molecular flexibility index (Phi) is 6.86. The van der Waals surface area contributed by atoms with Gasteiger partial charge in [-0.1, -0.05) is 19.3 Å². The number of hydrogen-bond acceptors (Lipinski definition) is 6. The van der Waals surface area contributed by atoms with E-state index >= 15 is 0 Å². The first kappa shape index (κ1) is 23.5. The van der Waals surface area contributed by atoms with Gasteiger partial charge in [0.25, 0.3) is 5.91 Å². The molecule has 0 saturated heterocycles. The Morgan fingerprint density at radius 3 is 2.40 bits per heavy atom. The molecule has 2 aliphatic rings. The molecule has 0 aliphatic heterocycles. The number of nitrogens with one attached hydrogen (secondary N) is 2. The monoisotopic (exact) mass is 495 g/mol. The fourth-order valence-electron chi connectivity index (χ4n) is 5.26. The summed E-state index contributed by atoms with van der Waals surface area (Å²) in [5.74, 6) is 0.157. The van der Waals surface area contributed by atoms with Crippen LogP contribution < -0.4 is 16.4 Å². The average Bonchev–Trinajstić information content (AvgIpc) is 3.29. The lowest BCUT2D eigenvalue weighted by Crippen LogP contribution is -2.36. The van der Waals surface area contributed by atoms with Crippen LogP contribution >= 0.6 is 11.6 Å². The highest BCUT2D eigenvalue weighted by atomic mass is 35.5. The third-order valence-corrected chi connectivity index (χ3v) is 7.41. The Bertz CT molecular complexity index is 1210. The summed E-state index contributed by atoms with van der Waals surface area (Å²) < 4.78 is 1.99. The zero-order valence-electron chi connectivity index (χ0n) is 19.5. The van der Waals surface area contributed by atoms with Crippen LogP contribution in [0.2, 0.25) is 5.28 Å². The largest absolute Gasteiger partial charge is 0.382 e. The molecule has 1 aromatic carbocycles. The van der Waals surface area contributed by atoms with Crippen LogP contribution in [-0.4, -0.2) is 37.4 Å². The molecule has 2 fully saturated rings. The lowest BCUT2D eigenvalue weighted by atomic mass is 9.85. The van der Waals surface area contributed by atoms with Gasteiger partial charge < -0.3 is 20.9 Å². The first-order valence-corrected chi connectivity index (χ1v) is 12.7. The fourth-order valence-corrected chi connectivity index (χ4v) is 5.43. The van der Waals surface area contributed by atoms with Crippen molar-refractivity contribution in [3.8, 4) is 0 Å². The maximum absolute atomic E-state index is 12.9. The maximum Gasteiger partial charge on any atom is 0.251 e. The molecule has 10 heteroatoms. The van der Waals surface area contributed by atoms with E-state index in [0.29, 0.717) is 22.4 Å². The van der Waals surface area contributed by atoms with Gasteiger partial charge >= 0.3 is 0 Å². The minimum absolute atomic E-state index is 0.00737. The predicted octanol–water partition coefficient (Wildman–Crippen LogP) is 4.49.